The van der Waals surface area contributed by atoms with E-state index in [4.69, 9.17) is 4.42 Å². The summed E-state index contributed by atoms with van der Waals surface area (Å²) >= 11 is 0. The molecule has 2 aromatic rings. The Labute approximate surface area is 109 Å². The molecule has 18 heavy (non-hydrogen) atoms. The van der Waals surface area contributed by atoms with Crippen molar-refractivity contribution in [1.29, 1.82) is 0 Å². The fraction of sp³-hybridized carbons (Fsp3) is 0.500. The highest BCUT2D eigenvalue weighted by molar-refractivity contribution is 5.81. The first-order chi connectivity index (χ1) is 8.86. The van der Waals surface area contributed by atoms with Gasteiger partial charge in [-0.3, -0.25) is 0 Å². The van der Waals surface area contributed by atoms with Gasteiger partial charge in [0.05, 0.1) is 6.26 Å². The van der Waals surface area contributed by atoms with Crippen LogP contribution < -0.4 is 5.32 Å². The summed E-state index contributed by atoms with van der Waals surface area (Å²) in [6.07, 6.45) is 6.95. The van der Waals surface area contributed by atoms with E-state index in [9.17, 15) is 0 Å². The van der Waals surface area contributed by atoms with Crippen LogP contribution >= 0.6 is 0 Å². The van der Waals surface area contributed by atoms with Gasteiger partial charge >= 0.3 is 0 Å². The molecule has 0 radical (unpaired) electrons. The van der Waals surface area contributed by atoms with Crippen molar-refractivity contribution in [2.24, 2.45) is 0 Å². The molecule has 0 bridgehead atoms. The average Bonchev–Trinajstić information content (AvgIpc) is 2.82. The minimum absolute atomic E-state index is 0.421. The maximum atomic E-state index is 5.64. The van der Waals surface area contributed by atoms with Crippen LogP contribution in [-0.2, 0) is 0 Å². The molecule has 98 valence electrons. The standard InChI is InChI=1S/C16H23NO/c1-3-5-6-10-15(17-4-2)14-12-18-16-11-8-7-9-13(14)16/h7-9,11-12,15,17H,3-6,10H2,1-2H3. The highest BCUT2D eigenvalue weighted by Crippen LogP contribution is 2.29. The van der Waals surface area contributed by atoms with Gasteiger partial charge in [-0.25, -0.2) is 0 Å². The predicted molar refractivity (Wildman–Crippen MR) is 76.8 cm³/mol. The van der Waals surface area contributed by atoms with Crippen LogP contribution in [0.15, 0.2) is 34.9 Å². The second-order valence-corrected chi connectivity index (χ2v) is 4.79. The molecule has 0 spiro atoms. The van der Waals surface area contributed by atoms with Crippen LogP contribution in [0.4, 0.5) is 0 Å². The lowest BCUT2D eigenvalue weighted by molar-refractivity contribution is 0.481. The van der Waals surface area contributed by atoms with Crippen molar-refractivity contribution in [3.63, 3.8) is 0 Å². The monoisotopic (exact) mass is 245 g/mol. The Balaban J connectivity index is 2.18. The quantitative estimate of drug-likeness (QED) is 0.717. The van der Waals surface area contributed by atoms with Crippen LogP contribution in [0, 0.1) is 0 Å². The second kappa shape index (κ2) is 6.60. The van der Waals surface area contributed by atoms with Crippen molar-refractivity contribution in [3.8, 4) is 0 Å². The fourth-order valence-electron chi connectivity index (χ4n) is 2.48. The molecule has 1 atom stereocenters. The summed E-state index contributed by atoms with van der Waals surface area (Å²) < 4.78 is 5.64. The second-order valence-electron chi connectivity index (χ2n) is 4.79. The van der Waals surface area contributed by atoms with E-state index < -0.39 is 0 Å². The molecule has 1 aromatic heterocycles. The van der Waals surface area contributed by atoms with Gasteiger partial charge in [-0.15, -0.1) is 0 Å². The Morgan fingerprint density at radius 1 is 1.17 bits per heavy atom. The molecule has 2 nitrogen and oxygen atoms in total. The number of rotatable bonds is 7. The molecular formula is C16H23NO. The number of furan rings is 1. The van der Waals surface area contributed by atoms with Crippen LogP contribution in [0.25, 0.3) is 11.0 Å². The van der Waals surface area contributed by atoms with Crippen molar-refractivity contribution in [2.45, 2.75) is 45.6 Å². The van der Waals surface area contributed by atoms with Crippen LogP contribution in [0.3, 0.4) is 0 Å². The van der Waals surface area contributed by atoms with Crippen LogP contribution in [0.1, 0.15) is 51.1 Å². The lowest BCUT2D eigenvalue weighted by Gasteiger charge is -2.16. The molecule has 1 unspecified atom stereocenters. The molecule has 1 N–H and O–H groups in total. The fourth-order valence-corrected chi connectivity index (χ4v) is 2.48. The predicted octanol–water partition coefficient (Wildman–Crippen LogP) is 4.66. The van der Waals surface area contributed by atoms with Crippen molar-refractivity contribution in [3.05, 3.63) is 36.1 Å². The molecule has 0 aliphatic carbocycles. The Hall–Kier alpha value is -1.28. The molecule has 2 heteroatoms. The minimum Gasteiger partial charge on any atom is -0.464 e. The molecule has 1 aromatic carbocycles. The van der Waals surface area contributed by atoms with E-state index in [0.717, 1.165) is 12.1 Å². The normalized spacial score (nSPS) is 13.0. The number of hydrogen-bond donors (Lipinski definition) is 1. The maximum Gasteiger partial charge on any atom is 0.134 e. The zero-order valence-electron chi connectivity index (χ0n) is 11.4. The smallest absolute Gasteiger partial charge is 0.134 e. The summed E-state index contributed by atoms with van der Waals surface area (Å²) in [6.45, 7) is 5.40. The summed E-state index contributed by atoms with van der Waals surface area (Å²) in [7, 11) is 0. The first-order valence-electron chi connectivity index (χ1n) is 7.06. The van der Waals surface area contributed by atoms with E-state index in [-0.39, 0.29) is 0 Å². The maximum absolute atomic E-state index is 5.64. The summed E-state index contributed by atoms with van der Waals surface area (Å²) in [5.41, 5.74) is 2.30. The van der Waals surface area contributed by atoms with Crippen LogP contribution in [-0.4, -0.2) is 6.54 Å². The van der Waals surface area contributed by atoms with Gasteiger partial charge in [-0.05, 0) is 19.0 Å². The lowest BCUT2D eigenvalue weighted by atomic mass is 10.00. The van der Waals surface area contributed by atoms with E-state index in [1.165, 1.54) is 36.6 Å². The van der Waals surface area contributed by atoms with Crippen molar-refractivity contribution < 1.29 is 4.42 Å². The van der Waals surface area contributed by atoms with E-state index in [1.807, 2.05) is 18.4 Å². The molecule has 0 saturated heterocycles. The number of nitrogens with one attached hydrogen (secondary N) is 1. The summed E-state index contributed by atoms with van der Waals surface area (Å²) in [6, 6.07) is 8.71. The number of hydrogen-bond acceptors (Lipinski definition) is 2. The van der Waals surface area contributed by atoms with E-state index in [0.29, 0.717) is 6.04 Å². The zero-order valence-corrected chi connectivity index (χ0v) is 11.4. The average molecular weight is 245 g/mol. The molecule has 0 saturated carbocycles. The summed E-state index contributed by atoms with van der Waals surface area (Å²) in [4.78, 5) is 0. The van der Waals surface area contributed by atoms with Gasteiger partial charge in [-0.2, -0.15) is 0 Å². The lowest BCUT2D eigenvalue weighted by Crippen LogP contribution is -2.20. The third-order valence-electron chi connectivity index (χ3n) is 3.43. The SMILES string of the molecule is CCCCCC(NCC)c1coc2ccccc12. The molecule has 1 heterocycles. The molecule has 0 fully saturated rings. The number of fused-ring (bicyclic) bond motifs is 1. The Kier molecular flexibility index (Phi) is 4.82. The first kappa shape index (κ1) is 13.2. The third-order valence-corrected chi connectivity index (χ3v) is 3.43. The first-order valence-corrected chi connectivity index (χ1v) is 7.06. The Bertz CT molecular complexity index is 475. The number of unbranched alkanes of at least 4 members (excludes halogenated alkanes) is 2. The van der Waals surface area contributed by atoms with Gasteiger partial charge in [0.1, 0.15) is 5.58 Å². The topological polar surface area (TPSA) is 25.2 Å². The van der Waals surface area contributed by atoms with E-state index in [2.05, 4.69) is 31.3 Å². The van der Waals surface area contributed by atoms with Gasteiger partial charge in [0.2, 0.25) is 0 Å². The Morgan fingerprint density at radius 2 is 2.00 bits per heavy atom. The highest BCUT2D eigenvalue weighted by atomic mass is 16.3. The van der Waals surface area contributed by atoms with Crippen molar-refractivity contribution in [2.75, 3.05) is 6.54 Å². The molecule has 0 amide bonds. The summed E-state index contributed by atoms with van der Waals surface area (Å²) in [5.74, 6) is 0. The largest absolute Gasteiger partial charge is 0.464 e. The highest BCUT2D eigenvalue weighted by Gasteiger charge is 2.15. The van der Waals surface area contributed by atoms with Gasteiger partial charge in [0.15, 0.2) is 0 Å². The van der Waals surface area contributed by atoms with Crippen LogP contribution in [0.2, 0.25) is 0 Å². The van der Waals surface area contributed by atoms with Crippen LogP contribution in [0.5, 0.6) is 0 Å². The van der Waals surface area contributed by atoms with Crippen molar-refractivity contribution in [1.82, 2.24) is 5.32 Å². The molecule has 0 aliphatic rings. The zero-order chi connectivity index (χ0) is 12.8. The third kappa shape index (κ3) is 2.94. The number of benzene rings is 1. The van der Waals surface area contributed by atoms with Gasteiger partial charge in [-0.1, -0.05) is 51.3 Å². The number of para-hydroxylation sites is 1. The van der Waals surface area contributed by atoms with Gasteiger partial charge in [0.25, 0.3) is 0 Å². The summed E-state index contributed by atoms with van der Waals surface area (Å²) in [5, 5.41) is 4.83. The van der Waals surface area contributed by atoms with Gasteiger partial charge in [0, 0.05) is 17.0 Å². The van der Waals surface area contributed by atoms with E-state index in [1.54, 1.807) is 0 Å². The Morgan fingerprint density at radius 3 is 2.78 bits per heavy atom. The molecule has 2 rings (SSSR count). The van der Waals surface area contributed by atoms with Gasteiger partial charge < -0.3 is 9.73 Å². The molecular weight excluding hydrogens is 222 g/mol. The molecule has 0 aliphatic heterocycles. The van der Waals surface area contributed by atoms with E-state index >= 15 is 0 Å². The minimum atomic E-state index is 0.421. The van der Waals surface area contributed by atoms with Crippen molar-refractivity contribution >= 4 is 11.0 Å².